The van der Waals surface area contributed by atoms with E-state index >= 15 is 0 Å². The van der Waals surface area contributed by atoms with Crippen molar-refractivity contribution in [3.8, 4) is 0 Å². The molecule has 3 heterocycles. The highest BCUT2D eigenvalue weighted by molar-refractivity contribution is 6.30. The molecule has 0 radical (unpaired) electrons. The van der Waals surface area contributed by atoms with Crippen LogP contribution in [-0.2, 0) is 6.54 Å². The first-order valence-corrected chi connectivity index (χ1v) is 5.92. The molecule has 1 aliphatic heterocycles. The molecular formula is C11H13ClN4. The van der Waals surface area contributed by atoms with Gasteiger partial charge in [-0.25, -0.2) is 9.50 Å². The van der Waals surface area contributed by atoms with Crippen molar-refractivity contribution in [2.75, 3.05) is 13.1 Å². The van der Waals surface area contributed by atoms with Gasteiger partial charge in [0.25, 0.3) is 0 Å². The van der Waals surface area contributed by atoms with Crippen LogP contribution in [0.25, 0.3) is 5.65 Å². The van der Waals surface area contributed by atoms with Gasteiger partial charge in [-0.2, -0.15) is 0 Å². The Morgan fingerprint density at radius 1 is 1.25 bits per heavy atom. The highest BCUT2D eigenvalue weighted by Gasteiger charge is 2.14. The molecule has 3 rings (SSSR count). The van der Waals surface area contributed by atoms with E-state index in [9.17, 15) is 0 Å². The van der Waals surface area contributed by atoms with Crippen LogP contribution < -0.4 is 0 Å². The zero-order valence-corrected chi connectivity index (χ0v) is 9.69. The van der Waals surface area contributed by atoms with Crippen molar-refractivity contribution in [2.24, 2.45) is 0 Å². The van der Waals surface area contributed by atoms with Crippen LogP contribution in [0.3, 0.4) is 0 Å². The molecule has 0 bridgehead atoms. The second-order valence-corrected chi connectivity index (χ2v) is 4.60. The van der Waals surface area contributed by atoms with E-state index in [1.807, 2.05) is 12.1 Å². The summed E-state index contributed by atoms with van der Waals surface area (Å²) >= 11 is 5.90. The Kier molecular flexibility index (Phi) is 2.53. The molecule has 1 saturated heterocycles. The normalized spacial score (nSPS) is 17.3. The van der Waals surface area contributed by atoms with Crippen LogP contribution in [0.4, 0.5) is 0 Å². The van der Waals surface area contributed by atoms with E-state index < -0.39 is 0 Å². The number of pyridine rings is 1. The maximum absolute atomic E-state index is 5.90. The van der Waals surface area contributed by atoms with Gasteiger partial charge in [0.05, 0.1) is 11.6 Å². The minimum absolute atomic E-state index is 0.685. The van der Waals surface area contributed by atoms with Crippen molar-refractivity contribution in [1.82, 2.24) is 19.5 Å². The Morgan fingerprint density at radius 2 is 2.06 bits per heavy atom. The highest BCUT2D eigenvalue weighted by atomic mass is 35.5. The Balaban J connectivity index is 1.86. The Hall–Kier alpha value is -1.13. The standard InChI is InChI=1S/C11H13ClN4/c12-9-3-4-11-13-10(14-16(11)7-9)8-15-5-1-2-6-15/h3-4,7H,1-2,5-6,8H2. The number of aromatic nitrogens is 3. The quantitative estimate of drug-likeness (QED) is 0.800. The molecule has 0 aromatic carbocycles. The lowest BCUT2D eigenvalue weighted by Gasteiger charge is -2.10. The number of nitrogens with zero attached hydrogens (tertiary/aromatic N) is 4. The average molecular weight is 237 g/mol. The first-order chi connectivity index (χ1) is 7.81. The summed E-state index contributed by atoms with van der Waals surface area (Å²) < 4.78 is 1.74. The van der Waals surface area contributed by atoms with Gasteiger partial charge in [-0.1, -0.05) is 11.6 Å². The van der Waals surface area contributed by atoms with Crippen molar-refractivity contribution >= 4 is 17.2 Å². The second kappa shape index (κ2) is 4.03. The summed E-state index contributed by atoms with van der Waals surface area (Å²) in [6.07, 6.45) is 4.37. The van der Waals surface area contributed by atoms with Gasteiger partial charge >= 0.3 is 0 Å². The average Bonchev–Trinajstić information content (AvgIpc) is 2.86. The maximum Gasteiger partial charge on any atom is 0.165 e. The molecule has 0 amide bonds. The van der Waals surface area contributed by atoms with Crippen LogP contribution in [0.5, 0.6) is 0 Å². The molecule has 1 aliphatic rings. The van der Waals surface area contributed by atoms with E-state index in [0.717, 1.165) is 31.1 Å². The second-order valence-electron chi connectivity index (χ2n) is 4.16. The number of halogens is 1. The Labute approximate surface area is 98.8 Å². The number of fused-ring (bicyclic) bond motifs is 1. The molecule has 0 N–H and O–H groups in total. The summed E-state index contributed by atoms with van der Waals surface area (Å²) in [5, 5.41) is 5.10. The van der Waals surface area contributed by atoms with Gasteiger partial charge in [0, 0.05) is 6.20 Å². The predicted octanol–water partition coefficient (Wildman–Crippen LogP) is 1.98. The van der Waals surface area contributed by atoms with Crippen molar-refractivity contribution in [2.45, 2.75) is 19.4 Å². The van der Waals surface area contributed by atoms with Crippen molar-refractivity contribution in [3.05, 3.63) is 29.2 Å². The van der Waals surface area contributed by atoms with Crippen LogP contribution in [0.1, 0.15) is 18.7 Å². The lowest BCUT2D eigenvalue weighted by atomic mass is 10.4. The first-order valence-electron chi connectivity index (χ1n) is 5.54. The molecule has 2 aromatic heterocycles. The minimum Gasteiger partial charge on any atom is -0.296 e. The van der Waals surface area contributed by atoms with Crippen LogP contribution in [0.15, 0.2) is 18.3 Å². The topological polar surface area (TPSA) is 33.4 Å². The zero-order chi connectivity index (χ0) is 11.0. The molecule has 0 unspecified atom stereocenters. The SMILES string of the molecule is Clc1ccc2nc(CN3CCCC3)nn2c1. The molecule has 0 saturated carbocycles. The monoisotopic (exact) mass is 236 g/mol. The molecule has 0 aliphatic carbocycles. The van der Waals surface area contributed by atoms with Crippen molar-refractivity contribution in [1.29, 1.82) is 0 Å². The molecule has 4 nitrogen and oxygen atoms in total. The van der Waals surface area contributed by atoms with Gasteiger partial charge in [-0.15, -0.1) is 5.10 Å². The predicted molar refractivity (Wildman–Crippen MR) is 62.5 cm³/mol. The summed E-state index contributed by atoms with van der Waals surface area (Å²) in [6, 6.07) is 3.73. The third kappa shape index (κ3) is 1.90. The van der Waals surface area contributed by atoms with Crippen molar-refractivity contribution < 1.29 is 0 Å². The summed E-state index contributed by atoms with van der Waals surface area (Å²) in [5.41, 5.74) is 0.860. The van der Waals surface area contributed by atoms with Crippen LogP contribution in [0.2, 0.25) is 5.02 Å². The molecule has 1 fully saturated rings. The van der Waals surface area contributed by atoms with Gasteiger partial charge in [0.15, 0.2) is 11.5 Å². The number of hydrogen-bond acceptors (Lipinski definition) is 3. The van der Waals surface area contributed by atoms with Crippen molar-refractivity contribution in [3.63, 3.8) is 0 Å². The molecule has 0 spiro atoms. The van der Waals surface area contributed by atoms with E-state index in [-0.39, 0.29) is 0 Å². The highest BCUT2D eigenvalue weighted by Crippen LogP contribution is 2.13. The van der Waals surface area contributed by atoms with E-state index in [1.54, 1.807) is 10.7 Å². The fraction of sp³-hybridized carbons (Fsp3) is 0.455. The Bertz CT molecular complexity index is 502. The van der Waals surface area contributed by atoms with Crippen LogP contribution in [0, 0.1) is 0 Å². The number of hydrogen-bond donors (Lipinski definition) is 0. The first kappa shape index (κ1) is 10.1. The fourth-order valence-corrected chi connectivity index (χ4v) is 2.27. The van der Waals surface area contributed by atoms with Gasteiger partial charge < -0.3 is 0 Å². The summed E-state index contributed by atoms with van der Waals surface area (Å²) in [4.78, 5) is 6.85. The third-order valence-electron chi connectivity index (χ3n) is 2.90. The van der Waals surface area contributed by atoms with Gasteiger partial charge in [-0.05, 0) is 38.1 Å². The van der Waals surface area contributed by atoms with E-state index in [2.05, 4.69) is 15.0 Å². The lowest BCUT2D eigenvalue weighted by molar-refractivity contribution is 0.322. The molecule has 84 valence electrons. The molecular weight excluding hydrogens is 224 g/mol. The van der Waals surface area contributed by atoms with Gasteiger partial charge in [-0.3, -0.25) is 4.90 Å². The maximum atomic E-state index is 5.90. The third-order valence-corrected chi connectivity index (χ3v) is 3.13. The van der Waals surface area contributed by atoms with E-state index in [0.29, 0.717) is 5.02 Å². The zero-order valence-electron chi connectivity index (χ0n) is 8.93. The van der Waals surface area contributed by atoms with E-state index in [4.69, 9.17) is 11.6 Å². The van der Waals surface area contributed by atoms with Gasteiger partial charge in [0.2, 0.25) is 0 Å². The smallest absolute Gasteiger partial charge is 0.165 e. The van der Waals surface area contributed by atoms with Crippen LogP contribution in [-0.4, -0.2) is 32.6 Å². The number of rotatable bonds is 2. The summed E-state index contributed by atoms with van der Waals surface area (Å²) in [5.74, 6) is 0.879. The summed E-state index contributed by atoms with van der Waals surface area (Å²) in [6.45, 7) is 3.17. The lowest BCUT2D eigenvalue weighted by Crippen LogP contribution is -2.19. The fourth-order valence-electron chi connectivity index (χ4n) is 2.11. The van der Waals surface area contributed by atoms with E-state index in [1.165, 1.54) is 12.8 Å². The van der Waals surface area contributed by atoms with Gasteiger partial charge in [0.1, 0.15) is 0 Å². The molecule has 16 heavy (non-hydrogen) atoms. The number of likely N-dealkylation sites (tertiary alicyclic amines) is 1. The molecule has 5 heteroatoms. The molecule has 0 atom stereocenters. The minimum atomic E-state index is 0.685. The largest absolute Gasteiger partial charge is 0.296 e. The van der Waals surface area contributed by atoms with Crippen LogP contribution >= 0.6 is 11.6 Å². The molecule has 2 aromatic rings. The summed E-state index contributed by atoms with van der Waals surface area (Å²) in [7, 11) is 0. The Morgan fingerprint density at radius 3 is 2.88 bits per heavy atom.